The first-order valence-corrected chi connectivity index (χ1v) is 8.93. The summed E-state index contributed by atoms with van der Waals surface area (Å²) in [4.78, 5) is 0. The van der Waals surface area contributed by atoms with E-state index < -0.39 is 9.84 Å². The first-order chi connectivity index (χ1) is 9.48. The third kappa shape index (κ3) is 2.44. The van der Waals surface area contributed by atoms with E-state index in [0.717, 1.165) is 30.7 Å². The van der Waals surface area contributed by atoms with Gasteiger partial charge in [0.1, 0.15) is 5.82 Å². The second kappa shape index (κ2) is 5.04. The van der Waals surface area contributed by atoms with Crippen LogP contribution in [0.4, 0.5) is 5.82 Å². The van der Waals surface area contributed by atoms with E-state index in [1.807, 2.05) is 6.92 Å². The van der Waals surface area contributed by atoms with Crippen molar-refractivity contribution in [2.75, 3.05) is 30.5 Å². The van der Waals surface area contributed by atoms with Crippen LogP contribution in [-0.4, -0.2) is 42.9 Å². The Kier molecular flexibility index (Phi) is 3.50. The maximum absolute atomic E-state index is 11.6. The standard InChI is InChI=1S/C13H21N3O3S/c1-9-12(10-3-2-5-19-7-10)15-16(13(9)14)11-4-6-20(17,18)8-11/h10-11H,2-8,14H2,1H3. The van der Waals surface area contributed by atoms with E-state index in [9.17, 15) is 8.42 Å². The lowest BCUT2D eigenvalue weighted by atomic mass is 9.96. The number of hydrogen-bond donors (Lipinski definition) is 1. The lowest BCUT2D eigenvalue weighted by Gasteiger charge is -2.20. The molecule has 2 N–H and O–H groups in total. The molecule has 2 aliphatic rings. The normalized spacial score (nSPS) is 29.6. The van der Waals surface area contributed by atoms with Crippen LogP contribution < -0.4 is 5.73 Å². The summed E-state index contributed by atoms with van der Waals surface area (Å²) in [6.07, 6.45) is 2.70. The molecular weight excluding hydrogens is 278 g/mol. The van der Waals surface area contributed by atoms with Crippen molar-refractivity contribution in [1.29, 1.82) is 0 Å². The summed E-state index contributed by atoms with van der Waals surface area (Å²) in [5, 5.41) is 4.63. The molecule has 20 heavy (non-hydrogen) atoms. The summed E-state index contributed by atoms with van der Waals surface area (Å²) in [5.74, 6) is 1.27. The first kappa shape index (κ1) is 13.9. The summed E-state index contributed by atoms with van der Waals surface area (Å²) in [5.41, 5.74) is 8.10. The summed E-state index contributed by atoms with van der Waals surface area (Å²) in [6, 6.07) is -0.114. The van der Waals surface area contributed by atoms with Gasteiger partial charge in [-0.05, 0) is 26.2 Å². The highest BCUT2D eigenvalue weighted by atomic mass is 32.2. The maximum atomic E-state index is 11.6. The number of nitrogen functional groups attached to an aromatic ring is 1. The van der Waals surface area contributed by atoms with Crippen LogP contribution in [0.25, 0.3) is 0 Å². The molecule has 1 aromatic heterocycles. The van der Waals surface area contributed by atoms with Crippen LogP contribution in [0.3, 0.4) is 0 Å². The Morgan fingerprint density at radius 3 is 2.80 bits per heavy atom. The lowest BCUT2D eigenvalue weighted by molar-refractivity contribution is 0.0789. The molecule has 2 saturated heterocycles. The van der Waals surface area contributed by atoms with E-state index in [1.165, 1.54) is 0 Å². The fraction of sp³-hybridized carbons (Fsp3) is 0.769. The highest BCUT2D eigenvalue weighted by Gasteiger charge is 2.33. The van der Waals surface area contributed by atoms with Gasteiger partial charge in [0.25, 0.3) is 0 Å². The molecule has 1 aromatic rings. The minimum absolute atomic E-state index is 0.114. The smallest absolute Gasteiger partial charge is 0.152 e. The molecule has 0 aromatic carbocycles. The van der Waals surface area contributed by atoms with Crippen LogP contribution >= 0.6 is 0 Å². The van der Waals surface area contributed by atoms with Crippen molar-refractivity contribution in [2.24, 2.45) is 0 Å². The van der Waals surface area contributed by atoms with Gasteiger partial charge in [0.15, 0.2) is 9.84 Å². The maximum Gasteiger partial charge on any atom is 0.152 e. The van der Waals surface area contributed by atoms with Gasteiger partial charge in [-0.1, -0.05) is 0 Å². The van der Waals surface area contributed by atoms with Gasteiger partial charge in [-0.2, -0.15) is 5.10 Å². The van der Waals surface area contributed by atoms with E-state index in [4.69, 9.17) is 10.5 Å². The molecule has 7 heteroatoms. The largest absolute Gasteiger partial charge is 0.384 e. The molecular formula is C13H21N3O3S. The average molecular weight is 299 g/mol. The molecule has 6 nitrogen and oxygen atoms in total. The molecule has 2 aliphatic heterocycles. The minimum Gasteiger partial charge on any atom is -0.384 e. The molecule has 0 spiro atoms. The van der Waals surface area contributed by atoms with E-state index in [2.05, 4.69) is 5.10 Å². The Morgan fingerprint density at radius 2 is 2.20 bits per heavy atom. The highest BCUT2D eigenvalue weighted by Crippen LogP contribution is 2.33. The van der Waals surface area contributed by atoms with Gasteiger partial charge in [0.05, 0.1) is 29.8 Å². The van der Waals surface area contributed by atoms with Gasteiger partial charge in [0, 0.05) is 18.1 Å². The van der Waals surface area contributed by atoms with Crippen molar-refractivity contribution in [3.63, 3.8) is 0 Å². The molecule has 0 bridgehead atoms. The molecule has 112 valence electrons. The Labute approximate surface area is 119 Å². The Balaban J connectivity index is 1.89. The zero-order chi connectivity index (χ0) is 14.3. The van der Waals surface area contributed by atoms with E-state index in [1.54, 1.807) is 4.68 Å². The zero-order valence-corrected chi connectivity index (χ0v) is 12.5. The van der Waals surface area contributed by atoms with Gasteiger partial charge >= 0.3 is 0 Å². The SMILES string of the molecule is Cc1c(C2CCCOC2)nn(C2CCS(=O)(=O)C2)c1N. The van der Waals surface area contributed by atoms with Crippen LogP contribution in [0.5, 0.6) is 0 Å². The predicted molar refractivity (Wildman–Crippen MR) is 76.5 cm³/mol. The topological polar surface area (TPSA) is 87.2 Å². The number of hydrogen-bond acceptors (Lipinski definition) is 5. The van der Waals surface area contributed by atoms with E-state index in [0.29, 0.717) is 18.8 Å². The second-order valence-electron chi connectivity index (χ2n) is 5.81. The van der Waals surface area contributed by atoms with Crippen molar-refractivity contribution in [3.05, 3.63) is 11.3 Å². The van der Waals surface area contributed by atoms with Crippen molar-refractivity contribution in [3.8, 4) is 0 Å². The number of rotatable bonds is 2. The molecule has 3 rings (SSSR count). The highest BCUT2D eigenvalue weighted by molar-refractivity contribution is 7.91. The Hall–Kier alpha value is -1.08. The molecule has 0 aliphatic carbocycles. The van der Waals surface area contributed by atoms with Crippen LogP contribution in [0, 0.1) is 6.92 Å². The zero-order valence-electron chi connectivity index (χ0n) is 11.7. The number of aromatic nitrogens is 2. The number of nitrogens with zero attached hydrogens (tertiary/aromatic N) is 2. The van der Waals surface area contributed by atoms with Crippen LogP contribution in [0.15, 0.2) is 0 Å². The predicted octanol–water partition coefficient (Wildman–Crippen LogP) is 1.03. The van der Waals surface area contributed by atoms with Crippen LogP contribution in [0.2, 0.25) is 0 Å². The number of ether oxygens (including phenoxy) is 1. The first-order valence-electron chi connectivity index (χ1n) is 7.10. The number of sulfone groups is 1. The van der Waals surface area contributed by atoms with Crippen molar-refractivity contribution in [2.45, 2.75) is 38.1 Å². The molecule has 2 unspecified atom stereocenters. The minimum atomic E-state index is -2.93. The molecule has 2 fully saturated rings. The van der Waals surface area contributed by atoms with Crippen molar-refractivity contribution in [1.82, 2.24) is 9.78 Å². The molecule has 2 atom stereocenters. The molecule has 3 heterocycles. The van der Waals surface area contributed by atoms with Gasteiger partial charge in [-0.25, -0.2) is 13.1 Å². The lowest BCUT2D eigenvalue weighted by Crippen LogP contribution is -2.18. The van der Waals surface area contributed by atoms with Gasteiger partial charge < -0.3 is 10.5 Å². The van der Waals surface area contributed by atoms with E-state index >= 15 is 0 Å². The summed E-state index contributed by atoms with van der Waals surface area (Å²) >= 11 is 0. The quantitative estimate of drug-likeness (QED) is 0.881. The molecule has 0 amide bonds. The van der Waals surface area contributed by atoms with Crippen molar-refractivity contribution >= 4 is 15.7 Å². The van der Waals surface area contributed by atoms with Gasteiger partial charge in [-0.3, -0.25) is 0 Å². The summed E-state index contributed by atoms with van der Waals surface area (Å²) in [7, 11) is -2.93. The van der Waals surface area contributed by atoms with Crippen molar-refractivity contribution < 1.29 is 13.2 Å². The average Bonchev–Trinajstić information content (AvgIpc) is 2.93. The fourth-order valence-corrected chi connectivity index (χ4v) is 4.83. The van der Waals surface area contributed by atoms with Gasteiger partial charge in [0.2, 0.25) is 0 Å². The van der Waals surface area contributed by atoms with Gasteiger partial charge in [-0.15, -0.1) is 0 Å². The van der Waals surface area contributed by atoms with Crippen LogP contribution in [0.1, 0.15) is 42.5 Å². The summed E-state index contributed by atoms with van der Waals surface area (Å²) in [6.45, 7) is 3.46. The Bertz CT molecular complexity index is 603. The van der Waals surface area contributed by atoms with E-state index in [-0.39, 0.29) is 23.5 Å². The Morgan fingerprint density at radius 1 is 1.40 bits per heavy atom. The third-order valence-corrected chi connectivity index (χ3v) is 6.08. The number of anilines is 1. The monoisotopic (exact) mass is 299 g/mol. The van der Waals surface area contributed by atoms with Crippen LogP contribution in [-0.2, 0) is 14.6 Å². The number of nitrogens with two attached hydrogens (primary N) is 1. The summed E-state index contributed by atoms with van der Waals surface area (Å²) < 4.78 is 30.5. The third-order valence-electron chi connectivity index (χ3n) is 4.33. The molecule has 0 radical (unpaired) electrons. The fourth-order valence-electron chi connectivity index (χ4n) is 3.14. The molecule has 0 saturated carbocycles. The second-order valence-corrected chi connectivity index (χ2v) is 8.04.